The van der Waals surface area contributed by atoms with E-state index in [1.165, 1.54) is 0 Å². The average Bonchev–Trinajstić information content (AvgIpc) is 2.93. The number of aliphatic hydroxyl groups excluding tert-OH is 1. The van der Waals surface area contributed by atoms with Crippen LogP contribution in [0.15, 0.2) is 16.9 Å². The zero-order valence-corrected chi connectivity index (χ0v) is 9.55. The molecule has 0 spiro atoms. The summed E-state index contributed by atoms with van der Waals surface area (Å²) in [5.41, 5.74) is 5.80. The van der Waals surface area contributed by atoms with Crippen molar-refractivity contribution in [2.24, 2.45) is 5.92 Å². The number of nitrogen functional groups attached to an aromatic ring is 1. The Labute approximate surface area is 102 Å². The molecule has 7 nitrogen and oxygen atoms in total. The lowest BCUT2D eigenvalue weighted by molar-refractivity contribution is 0.248. The largest absolute Gasteiger partial charge is 0.396 e. The first-order valence-electron chi connectivity index (χ1n) is 5.72. The minimum atomic E-state index is -0.322. The van der Waals surface area contributed by atoms with Gasteiger partial charge in [-0.25, -0.2) is 4.98 Å². The third kappa shape index (κ3) is 1.68. The zero-order valence-electron chi connectivity index (χ0n) is 9.55. The summed E-state index contributed by atoms with van der Waals surface area (Å²) in [7, 11) is 0. The Bertz CT molecular complexity index is 672. The molecule has 3 rings (SSSR count). The van der Waals surface area contributed by atoms with Gasteiger partial charge in [0.25, 0.3) is 5.56 Å². The number of nitrogens with two attached hydrogens (primary N) is 1. The summed E-state index contributed by atoms with van der Waals surface area (Å²) in [5, 5.41) is 9.09. The van der Waals surface area contributed by atoms with Crippen LogP contribution in [0.3, 0.4) is 0 Å². The lowest BCUT2D eigenvalue weighted by atomic mass is 10.0. The number of fused-ring (bicyclic) bond motifs is 1. The van der Waals surface area contributed by atoms with Crippen LogP contribution in [0.25, 0.3) is 11.2 Å². The number of H-pyrrole nitrogens is 2. The first-order chi connectivity index (χ1) is 8.67. The summed E-state index contributed by atoms with van der Waals surface area (Å²) in [6.07, 6.45) is 4.73. The third-order valence-corrected chi connectivity index (χ3v) is 3.16. The summed E-state index contributed by atoms with van der Waals surface area (Å²) in [6, 6.07) is 0. The van der Waals surface area contributed by atoms with Crippen molar-refractivity contribution in [1.29, 1.82) is 0 Å². The number of allylic oxidation sites excluding steroid dienone is 1. The lowest BCUT2D eigenvalue weighted by Gasteiger charge is -2.06. The molecule has 1 aliphatic carbocycles. The van der Waals surface area contributed by atoms with Crippen LogP contribution in [-0.4, -0.2) is 31.6 Å². The molecule has 0 fully saturated rings. The topological polar surface area (TPSA) is 121 Å². The molecule has 0 aliphatic heterocycles. The number of rotatable bonds is 2. The highest BCUT2D eigenvalue weighted by atomic mass is 16.3. The first kappa shape index (κ1) is 11.0. The number of hydrogen-bond acceptors (Lipinski definition) is 5. The standard InChI is InChI=1S/C11H13N5O2/c12-11-15-9-7(10(18)16-11)13-8(14-9)6-2-1-5(3-6)4-17/h1-2,5-6,17H,3-4H2,(H4,12,13,14,15,16,18). The fraction of sp³-hybridized carbons (Fsp3) is 0.364. The van der Waals surface area contributed by atoms with Gasteiger partial charge in [-0.1, -0.05) is 12.2 Å². The number of aliphatic hydroxyl groups is 1. The maximum absolute atomic E-state index is 11.6. The van der Waals surface area contributed by atoms with Crippen LogP contribution in [0, 0.1) is 5.92 Å². The van der Waals surface area contributed by atoms with Gasteiger partial charge in [0, 0.05) is 18.4 Å². The Morgan fingerprint density at radius 3 is 2.94 bits per heavy atom. The highest BCUT2D eigenvalue weighted by molar-refractivity contribution is 5.70. The van der Waals surface area contributed by atoms with Crippen LogP contribution < -0.4 is 11.3 Å². The molecule has 0 amide bonds. The van der Waals surface area contributed by atoms with Gasteiger partial charge >= 0.3 is 0 Å². The van der Waals surface area contributed by atoms with E-state index in [1.54, 1.807) is 0 Å². The molecule has 0 saturated carbocycles. The SMILES string of the molecule is Nc1nc2nc(C3C=CC(CO)C3)[nH]c2c(=O)[nH]1. The molecular formula is C11H13N5O2. The van der Waals surface area contributed by atoms with E-state index in [0.29, 0.717) is 17.0 Å². The zero-order chi connectivity index (χ0) is 12.7. The van der Waals surface area contributed by atoms with Crippen molar-refractivity contribution >= 4 is 17.1 Å². The van der Waals surface area contributed by atoms with Crippen molar-refractivity contribution in [3.63, 3.8) is 0 Å². The van der Waals surface area contributed by atoms with Crippen LogP contribution in [0.5, 0.6) is 0 Å². The van der Waals surface area contributed by atoms with E-state index in [2.05, 4.69) is 19.9 Å². The highest BCUT2D eigenvalue weighted by Crippen LogP contribution is 2.30. The number of aromatic amines is 2. The number of nitrogens with zero attached hydrogens (tertiary/aromatic N) is 2. The minimum Gasteiger partial charge on any atom is -0.396 e. The third-order valence-electron chi connectivity index (χ3n) is 3.16. The van der Waals surface area contributed by atoms with Gasteiger partial charge in [-0.3, -0.25) is 9.78 Å². The van der Waals surface area contributed by atoms with Crippen LogP contribution in [0.1, 0.15) is 18.2 Å². The second-order valence-electron chi connectivity index (χ2n) is 4.44. The Balaban J connectivity index is 2.02. The molecule has 0 saturated heterocycles. The quantitative estimate of drug-likeness (QED) is 0.551. The first-order valence-corrected chi connectivity index (χ1v) is 5.72. The van der Waals surface area contributed by atoms with Gasteiger partial charge in [0.15, 0.2) is 11.2 Å². The van der Waals surface area contributed by atoms with Crippen LogP contribution in [0.4, 0.5) is 5.95 Å². The number of aromatic nitrogens is 4. The fourth-order valence-corrected chi connectivity index (χ4v) is 2.23. The number of nitrogens with one attached hydrogen (secondary N) is 2. The van der Waals surface area contributed by atoms with Gasteiger partial charge in [-0.15, -0.1) is 0 Å². The molecule has 0 radical (unpaired) electrons. The van der Waals surface area contributed by atoms with Crippen LogP contribution in [0.2, 0.25) is 0 Å². The molecule has 2 atom stereocenters. The molecule has 7 heteroatoms. The molecule has 2 heterocycles. The smallest absolute Gasteiger partial charge is 0.278 e. The summed E-state index contributed by atoms with van der Waals surface area (Å²) in [4.78, 5) is 25.3. The number of hydrogen-bond donors (Lipinski definition) is 4. The predicted octanol–water partition coefficient (Wildman–Crippen LogP) is -0.120. The maximum Gasteiger partial charge on any atom is 0.278 e. The molecule has 2 aromatic rings. The molecule has 94 valence electrons. The van der Waals surface area contributed by atoms with Crippen molar-refractivity contribution < 1.29 is 5.11 Å². The summed E-state index contributed by atoms with van der Waals surface area (Å²) in [6.45, 7) is 0.124. The van der Waals surface area contributed by atoms with Gasteiger partial charge in [-0.05, 0) is 6.42 Å². The average molecular weight is 247 g/mol. The Kier molecular flexibility index (Phi) is 2.41. The van der Waals surface area contributed by atoms with Crippen molar-refractivity contribution in [3.05, 3.63) is 28.3 Å². The monoisotopic (exact) mass is 247 g/mol. The molecule has 1 aliphatic rings. The minimum absolute atomic E-state index is 0.0562. The van der Waals surface area contributed by atoms with E-state index in [0.717, 1.165) is 6.42 Å². The van der Waals surface area contributed by atoms with Gasteiger partial charge in [0.2, 0.25) is 5.95 Å². The van der Waals surface area contributed by atoms with E-state index in [-0.39, 0.29) is 30.0 Å². The predicted molar refractivity (Wildman–Crippen MR) is 66.0 cm³/mol. The van der Waals surface area contributed by atoms with Crippen molar-refractivity contribution in [1.82, 2.24) is 19.9 Å². The molecule has 5 N–H and O–H groups in total. The Morgan fingerprint density at radius 2 is 2.22 bits per heavy atom. The van der Waals surface area contributed by atoms with E-state index in [1.807, 2.05) is 12.2 Å². The van der Waals surface area contributed by atoms with E-state index < -0.39 is 0 Å². The van der Waals surface area contributed by atoms with Crippen molar-refractivity contribution in [2.45, 2.75) is 12.3 Å². The Morgan fingerprint density at radius 1 is 1.39 bits per heavy atom. The van der Waals surface area contributed by atoms with E-state index >= 15 is 0 Å². The molecule has 0 aromatic carbocycles. The molecule has 18 heavy (non-hydrogen) atoms. The molecule has 2 aromatic heterocycles. The van der Waals surface area contributed by atoms with Gasteiger partial charge in [0.05, 0.1) is 0 Å². The number of anilines is 1. The second kappa shape index (κ2) is 3.95. The van der Waals surface area contributed by atoms with Gasteiger partial charge in [0.1, 0.15) is 5.82 Å². The number of imidazole rings is 1. The van der Waals surface area contributed by atoms with Crippen molar-refractivity contribution in [2.75, 3.05) is 12.3 Å². The van der Waals surface area contributed by atoms with Gasteiger partial charge < -0.3 is 15.8 Å². The normalized spacial score (nSPS) is 22.9. The lowest BCUT2D eigenvalue weighted by Crippen LogP contribution is -2.10. The van der Waals surface area contributed by atoms with E-state index in [4.69, 9.17) is 10.8 Å². The summed E-state index contributed by atoms with van der Waals surface area (Å²) < 4.78 is 0. The molecule has 0 bridgehead atoms. The van der Waals surface area contributed by atoms with E-state index in [9.17, 15) is 4.79 Å². The maximum atomic E-state index is 11.6. The molecular weight excluding hydrogens is 234 g/mol. The van der Waals surface area contributed by atoms with Gasteiger partial charge in [-0.2, -0.15) is 4.98 Å². The van der Waals surface area contributed by atoms with Crippen LogP contribution >= 0.6 is 0 Å². The fourth-order valence-electron chi connectivity index (χ4n) is 2.23. The van der Waals surface area contributed by atoms with Crippen LogP contribution in [-0.2, 0) is 0 Å². The second-order valence-corrected chi connectivity index (χ2v) is 4.44. The summed E-state index contributed by atoms with van der Waals surface area (Å²) in [5.74, 6) is 0.970. The molecule has 2 unspecified atom stereocenters. The van der Waals surface area contributed by atoms with Crippen molar-refractivity contribution in [3.8, 4) is 0 Å². The summed E-state index contributed by atoms with van der Waals surface area (Å²) >= 11 is 0. The highest BCUT2D eigenvalue weighted by Gasteiger charge is 2.23. The Hall–Kier alpha value is -2.15.